The van der Waals surface area contributed by atoms with E-state index in [1.54, 1.807) is 0 Å². The number of nitrogens with two attached hydrogens (primary N) is 1. The Kier molecular flexibility index (Phi) is 3.58. The summed E-state index contributed by atoms with van der Waals surface area (Å²) in [4.78, 5) is 15.9. The number of benzene rings is 2. The molecule has 0 spiro atoms. The third kappa shape index (κ3) is 2.44. The van der Waals surface area contributed by atoms with Crippen LogP contribution in [0.1, 0.15) is 15.9 Å². The van der Waals surface area contributed by atoms with Crippen LogP contribution in [-0.4, -0.2) is 16.1 Å². The van der Waals surface area contributed by atoms with Crippen molar-refractivity contribution in [3.05, 3.63) is 58.1 Å². The van der Waals surface area contributed by atoms with Crippen molar-refractivity contribution in [2.75, 3.05) is 5.73 Å². The molecule has 0 fully saturated rings. The highest BCUT2D eigenvalue weighted by Crippen LogP contribution is 2.35. The quantitative estimate of drug-likeness (QED) is 0.719. The molecule has 0 aliphatic heterocycles. The van der Waals surface area contributed by atoms with Crippen LogP contribution in [0, 0.1) is 6.92 Å². The van der Waals surface area contributed by atoms with Gasteiger partial charge in [0.05, 0.1) is 5.52 Å². The fourth-order valence-corrected chi connectivity index (χ4v) is 2.85. The first-order valence-electron chi connectivity index (χ1n) is 6.66. The number of hydrogen-bond acceptors (Lipinski definition) is 3. The molecule has 0 bridgehead atoms. The van der Waals surface area contributed by atoms with Crippen LogP contribution < -0.4 is 5.73 Å². The van der Waals surface area contributed by atoms with Gasteiger partial charge in [-0.15, -0.1) is 0 Å². The lowest BCUT2D eigenvalue weighted by atomic mass is 9.95. The molecule has 1 heterocycles. The zero-order valence-corrected chi connectivity index (χ0v) is 13.4. The zero-order chi connectivity index (χ0) is 15.9. The Labute approximate surface area is 135 Å². The van der Waals surface area contributed by atoms with Gasteiger partial charge in [0.2, 0.25) is 0 Å². The van der Waals surface area contributed by atoms with Gasteiger partial charge in [-0.3, -0.25) is 0 Å². The highest BCUT2D eigenvalue weighted by molar-refractivity contribution is 9.10. The summed E-state index contributed by atoms with van der Waals surface area (Å²) in [6.07, 6.45) is 0. The van der Waals surface area contributed by atoms with Crippen molar-refractivity contribution in [1.29, 1.82) is 0 Å². The number of pyridine rings is 1. The van der Waals surface area contributed by atoms with Crippen molar-refractivity contribution in [2.24, 2.45) is 0 Å². The Morgan fingerprint density at radius 2 is 1.86 bits per heavy atom. The van der Waals surface area contributed by atoms with Crippen LogP contribution in [0.5, 0.6) is 0 Å². The number of aromatic carboxylic acids is 1. The topological polar surface area (TPSA) is 76.2 Å². The van der Waals surface area contributed by atoms with Crippen LogP contribution in [0.4, 0.5) is 5.82 Å². The van der Waals surface area contributed by atoms with Crippen molar-refractivity contribution in [1.82, 2.24) is 4.98 Å². The number of anilines is 1. The number of aromatic nitrogens is 1. The molecule has 3 N–H and O–H groups in total. The summed E-state index contributed by atoms with van der Waals surface area (Å²) >= 11 is 3.42. The van der Waals surface area contributed by atoms with E-state index < -0.39 is 5.97 Å². The third-order valence-corrected chi connectivity index (χ3v) is 4.02. The molecule has 3 aromatic rings. The molecule has 0 radical (unpaired) electrons. The lowest BCUT2D eigenvalue weighted by Gasteiger charge is -2.13. The second-order valence-electron chi connectivity index (χ2n) is 5.08. The van der Waals surface area contributed by atoms with Gasteiger partial charge >= 0.3 is 5.97 Å². The molecule has 0 aliphatic rings. The van der Waals surface area contributed by atoms with Crippen molar-refractivity contribution < 1.29 is 9.90 Å². The minimum absolute atomic E-state index is 0.0258. The van der Waals surface area contributed by atoms with Crippen molar-refractivity contribution >= 4 is 38.6 Å². The molecule has 22 heavy (non-hydrogen) atoms. The standard InChI is InChI=1S/C17H13BrN2O2/c1-9-2-4-10(5-3-9)14-12-8-11(18)6-7-13(12)20-16(19)15(14)17(21)22/h2-8H,1H3,(H2,19,20)(H,21,22). The average Bonchev–Trinajstić information content (AvgIpc) is 2.47. The lowest BCUT2D eigenvalue weighted by Crippen LogP contribution is -2.08. The van der Waals surface area contributed by atoms with Gasteiger partial charge in [0.1, 0.15) is 11.4 Å². The van der Waals surface area contributed by atoms with Gasteiger partial charge in [-0.2, -0.15) is 0 Å². The number of halogens is 1. The molecule has 4 nitrogen and oxygen atoms in total. The van der Waals surface area contributed by atoms with Gasteiger partial charge in [-0.1, -0.05) is 45.8 Å². The first kappa shape index (κ1) is 14.5. The van der Waals surface area contributed by atoms with Crippen molar-refractivity contribution in [3.8, 4) is 11.1 Å². The average molecular weight is 357 g/mol. The highest BCUT2D eigenvalue weighted by atomic mass is 79.9. The summed E-state index contributed by atoms with van der Waals surface area (Å²) in [5, 5.41) is 10.3. The van der Waals surface area contributed by atoms with Crippen LogP contribution in [0.2, 0.25) is 0 Å². The maximum atomic E-state index is 11.7. The number of nitrogens with zero attached hydrogens (tertiary/aromatic N) is 1. The lowest BCUT2D eigenvalue weighted by molar-refractivity contribution is 0.0698. The summed E-state index contributed by atoms with van der Waals surface area (Å²) < 4.78 is 0.858. The van der Waals surface area contributed by atoms with Gasteiger partial charge in [-0.25, -0.2) is 9.78 Å². The van der Waals surface area contributed by atoms with E-state index in [1.807, 2.05) is 49.4 Å². The number of aryl methyl sites for hydroxylation is 1. The molecule has 3 rings (SSSR count). The molecule has 0 unspecified atom stereocenters. The summed E-state index contributed by atoms with van der Waals surface area (Å²) in [7, 11) is 0. The Morgan fingerprint density at radius 1 is 1.18 bits per heavy atom. The number of hydrogen-bond donors (Lipinski definition) is 2. The van der Waals surface area contributed by atoms with Gasteiger partial charge in [-0.05, 0) is 30.7 Å². The van der Waals surface area contributed by atoms with Gasteiger partial charge in [0.15, 0.2) is 0 Å². The van der Waals surface area contributed by atoms with Crippen LogP contribution in [0.3, 0.4) is 0 Å². The number of carbonyl (C=O) groups is 1. The Balaban J connectivity index is 2.47. The van der Waals surface area contributed by atoms with E-state index in [0.29, 0.717) is 11.1 Å². The molecule has 0 amide bonds. The van der Waals surface area contributed by atoms with E-state index in [0.717, 1.165) is 21.0 Å². The fraction of sp³-hybridized carbons (Fsp3) is 0.0588. The molecular weight excluding hydrogens is 344 g/mol. The van der Waals surface area contributed by atoms with Crippen LogP contribution >= 0.6 is 15.9 Å². The second kappa shape index (κ2) is 5.42. The monoisotopic (exact) mass is 356 g/mol. The Hall–Kier alpha value is -2.40. The van der Waals surface area contributed by atoms with E-state index in [9.17, 15) is 9.90 Å². The third-order valence-electron chi connectivity index (χ3n) is 3.53. The summed E-state index contributed by atoms with van der Waals surface area (Å²) in [6.45, 7) is 1.98. The molecule has 5 heteroatoms. The second-order valence-corrected chi connectivity index (χ2v) is 6.00. The molecular formula is C17H13BrN2O2. The Bertz CT molecular complexity index is 889. The molecule has 0 saturated carbocycles. The zero-order valence-electron chi connectivity index (χ0n) is 11.8. The predicted molar refractivity (Wildman–Crippen MR) is 91.0 cm³/mol. The molecule has 2 aromatic carbocycles. The summed E-state index contributed by atoms with van der Waals surface area (Å²) in [5.41, 5.74) is 9.10. The van der Waals surface area contributed by atoms with Crippen LogP contribution in [-0.2, 0) is 0 Å². The normalized spacial score (nSPS) is 10.8. The maximum Gasteiger partial charge on any atom is 0.340 e. The first-order chi connectivity index (χ1) is 10.5. The SMILES string of the molecule is Cc1ccc(-c2c(C(=O)O)c(N)nc3ccc(Br)cc23)cc1. The van der Waals surface area contributed by atoms with E-state index in [-0.39, 0.29) is 11.4 Å². The molecule has 110 valence electrons. The molecule has 0 atom stereocenters. The van der Waals surface area contributed by atoms with E-state index >= 15 is 0 Å². The minimum atomic E-state index is -1.08. The Morgan fingerprint density at radius 3 is 2.50 bits per heavy atom. The molecule has 0 aliphatic carbocycles. The van der Waals surface area contributed by atoms with Gasteiger partial charge in [0.25, 0.3) is 0 Å². The van der Waals surface area contributed by atoms with Crippen molar-refractivity contribution in [2.45, 2.75) is 6.92 Å². The molecule has 1 aromatic heterocycles. The predicted octanol–water partition coefficient (Wildman–Crippen LogP) is 4.25. The largest absolute Gasteiger partial charge is 0.478 e. The molecule has 0 saturated heterocycles. The maximum absolute atomic E-state index is 11.7. The first-order valence-corrected chi connectivity index (χ1v) is 7.46. The number of carboxylic acids is 1. The summed E-state index contributed by atoms with van der Waals surface area (Å²) in [6, 6.07) is 13.2. The number of carboxylic acid groups (broad SMARTS) is 1. The number of fused-ring (bicyclic) bond motifs is 1. The fourth-order valence-electron chi connectivity index (χ4n) is 2.49. The van der Waals surface area contributed by atoms with E-state index in [2.05, 4.69) is 20.9 Å². The number of rotatable bonds is 2. The van der Waals surface area contributed by atoms with Gasteiger partial charge < -0.3 is 10.8 Å². The van der Waals surface area contributed by atoms with E-state index in [4.69, 9.17) is 5.73 Å². The number of nitrogen functional groups attached to an aromatic ring is 1. The van der Waals surface area contributed by atoms with Crippen molar-refractivity contribution in [3.63, 3.8) is 0 Å². The highest BCUT2D eigenvalue weighted by Gasteiger charge is 2.20. The summed E-state index contributed by atoms with van der Waals surface area (Å²) in [5.74, 6) is -1.06. The van der Waals surface area contributed by atoms with Crippen LogP contribution in [0.25, 0.3) is 22.0 Å². The van der Waals surface area contributed by atoms with Gasteiger partial charge in [0, 0.05) is 15.4 Å². The van der Waals surface area contributed by atoms with Crippen LogP contribution in [0.15, 0.2) is 46.9 Å². The smallest absolute Gasteiger partial charge is 0.340 e. The minimum Gasteiger partial charge on any atom is -0.478 e. The van der Waals surface area contributed by atoms with E-state index in [1.165, 1.54) is 0 Å².